The quantitative estimate of drug-likeness (QED) is 0.857. The number of benzene rings is 1. The van der Waals surface area contributed by atoms with Gasteiger partial charge in [-0.15, -0.1) is 0 Å². The second-order valence-electron chi connectivity index (χ2n) is 6.97. The molecule has 0 aliphatic carbocycles. The molecule has 1 aromatic carbocycles. The third kappa shape index (κ3) is 4.32. The monoisotopic (exact) mass is 278 g/mol. The molecule has 0 aliphatic heterocycles. The van der Waals surface area contributed by atoms with E-state index in [0.717, 1.165) is 6.42 Å². The minimum atomic E-state index is -0.671. The first-order chi connectivity index (χ1) is 9.16. The number of rotatable bonds is 5. The Morgan fingerprint density at radius 1 is 1.15 bits per heavy atom. The van der Waals surface area contributed by atoms with E-state index >= 15 is 0 Å². The normalized spacial score (nSPS) is 16.8. The molecule has 114 valence electrons. The van der Waals surface area contributed by atoms with Crippen LogP contribution in [0.4, 0.5) is 0 Å². The second-order valence-corrected chi connectivity index (χ2v) is 6.97. The third-order valence-electron chi connectivity index (χ3n) is 4.16. The number of hydrogen-bond acceptors (Lipinski definition) is 2. The summed E-state index contributed by atoms with van der Waals surface area (Å²) in [5.74, 6) is 0.293. The molecule has 0 aliphatic rings. The van der Waals surface area contributed by atoms with E-state index in [2.05, 4.69) is 52.8 Å². The molecule has 0 saturated carbocycles. The molecule has 2 N–H and O–H groups in total. The van der Waals surface area contributed by atoms with E-state index < -0.39 is 12.2 Å². The Kier molecular flexibility index (Phi) is 5.79. The van der Waals surface area contributed by atoms with E-state index in [1.807, 2.05) is 0 Å². The average Bonchev–Trinajstić information content (AvgIpc) is 2.35. The molecule has 2 nitrogen and oxygen atoms in total. The molecule has 0 spiro atoms. The van der Waals surface area contributed by atoms with Gasteiger partial charge >= 0.3 is 0 Å². The Morgan fingerprint density at radius 3 is 2.20 bits per heavy atom. The molecule has 0 aromatic heterocycles. The van der Waals surface area contributed by atoms with Crippen LogP contribution in [0.1, 0.15) is 70.1 Å². The van der Waals surface area contributed by atoms with E-state index in [4.69, 9.17) is 0 Å². The minimum absolute atomic E-state index is 0.129. The van der Waals surface area contributed by atoms with Crippen LogP contribution in [0.15, 0.2) is 18.2 Å². The van der Waals surface area contributed by atoms with Gasteiger partial charge in [-0.2, -0.15) is 0 Å². The highest BCUT2D eigenvalue weighted by Crippen LogP contribution is 2.32. The smallest absolute Gasteiger partial charge is 0.0802 e. The lowest BCUT2D eigenvalue weighted by Crippen LogP contribution is -2.25. The van der Waals surface area contributed by atoms with Gasteiger partial charge in [0.2, 0.25) is 0 Å². The number of hydrogen-bond donors (Lipinski definition) is 2. The number of aliphatic hydroxyl groups is 2. The fourth-order valence-electron chi connectivity index (χ4n) is 2.55. The second kappa shape index (κ2) is 6.73. The summed E-state index contributed by atoms with van der Waals surface area (Å²) in [6, 6.07) is 6.64. The molecule has 1 aromatic rings. The molecule has 0 amide bonds. The van der Waals surface area contributed by atoms with Crippen LogP contribution in [0.2, 0.25) is 0 Å². The predicted molar refractivity (Wildman–Crippen MR) is 85.2 cm³/mol. The summed E-state index contributed by atoms with van der Waals surface area (Å²) in [6.45, 7) is 12.6. The molecule has 2 heteroatoms. The van der Waals surface area contributed by atoms with Crippen LogP contribution in [-0.2, 0) is 5.41 Å². The van der Waals surface area contributed by atoms with Crippen molar-refractivity contribution in [2.75, 3.05) is 0 Å². The Bertz CT molecular complexity index is 430. The maximum Gasteiger partial charge on any atom is 0.0802 e. The highest BCUT2D eigenvalue weighted by Gasteiger charge is 2.22. The molecule has 0 heterocycles. The van der Waals surface area contributed by atoms with Crippen molar-refractivity contribution in [1.29, 1.82) is 0 Å². The average molecular weight is 278 g/mol. The molecule has 3 atom stereocenters. The van der Waals surface area contributed by atoms with Crippen molar-refractivity contribution in [3.63, 3.8) is 0 Å². The lowest BCUT2D eigenvalue weighted by Gasteiger charge is -2.26. The lowest BCUT2D eigenvalue weighted by atomic mass is 9.81. The van der Waals surface area contributed by atoms with Crippen LogP contribution < -0.4 is 0 Å². The largest absolute Gasteiger partial charge is 0.391 e. The van der Waals surface area contributed by atoms with Gasteiger partial charge < -0.3 is 10.2 Å². The third-order valence-corrected chi connectivity index (χ3v) is 4.16. The summed E-state index contributed by atoms with van der Waals surface area (Å²) in [5, 5.41) is 19.5. The van der Waals surface area contributed by atoms with E-state index in [1.54, 1.807) is 6.92 Å². The maximum absolute atomic E-state index is 9.96. The molecule has 1 rings (SSSR count). The molecular formula is C18H30O2. The van der Waals surface area contributed by atoms with Crippen LogP contribution >= 0.6 is 0 Å². The summed E-state index contributed by atoms with van der Waals surface area (Å²) in [6.07, 6.45) is 0.258. The van der Waals surface area contributed by atoms with Gasteiger partial charge in [-0.05, 0) is 54.7 Å². The molecule has 0 saturated heterocycles. The van der Waals surface area contributed by atoms with Crippen molar-refractivity contribution >= 4 is 0 Å². The molecule has 0 radical (unpaired) electrons. The van der Waals surface area contributed by atoms with Crippen LogP contribution in [-0.4, -0.2) is 22.4 Å². The molecule has 3 unspecified atom stereocenters. The Balaban J connectivity index is 3.08. The van der Waals surface area contributed by atoms with Crippen molar-refractivity contribution in [3.05, 3.63) is 34.9 Å². The van der Waals surface area contributed by atoms with Crippen molar-refractivity contribution in [2.24, 2.45) is 0 Å². The van der Waals surface area contributed by atoms with Crippen molar-refractivity contribution in [1.82, 2.24) is 0 Å². The zero-order valence-electron chi connectivity index (χ0n) is 13.8. The van der Waals surface area contributed by atoms with Gasteiger partial charge in [-0.3, -0.25) is 0 Å². The fraction of sp³-hybridized carbons (Fsp3) is 0.667. The SMILES string of the molecule is CCC(CC(O)C(C)O)c1cc(C(C)(C)C)ccc1C. The molecular weight excluding hydrogens is 248 g/mol. The van der Waals surface area contributed by atoms with Crippen LogP contribution in [0.5, 0.6) is 0 Å². The van der Waals surface area contributed by atoms with E-state index in [9.17, 15) is 10.2 Å². The van der Waals surface area contributed by atoms with Crippen molar-refractivity contribution in [3.8, 4) is 0 Å². The Labute approximate surface area is 123 Å². The number of aryl methyl sites for hydroxylation is 1. The first-order valence-corrected chi connectivity index (χ1v) is 7.64. The van der Waals surface area contributed by atoms with E-state index in [1.165, 1.54) is 16.7 Å². The zero-order chi connectivity index (χ0) is 15.5. The Hall–Kier alpha value is -0.860. The predicted octanol–water partition coefficient (Wildman–Crippen LogP) is 3.92. The molecule has 0 fully saturated rings. The maximum atomic E-state index is 9.96. The van der Waals surface area contributed by atoms with Crippen LogP contribution in [0.25, 0.3) is 0 Å². The summed E-state index contributed by atoms with van der Waals surface area (Å²) < 4.78 is 0. The van der Waals surface area contributed by atoms with Gasteiger partial charge in [0.05, 0.1) is 12.2 Å². The Morgan fingerprint density at radius 2 is 1.75 bits per heavy atom. The zero-order valence-corrected chi connectivity index (χ0v) is 13.8. The summed E-state index contributed by atoms with van der Waals surface area (Å²) in [7, 11) is 0. The van der Waals surface area contributed by atoms with Gasteiger partial charge in [-0.25, -0.2) is 0 Å². The van der Waals surface area contributed by atoms with E-state index in [-0.39, 0.29) is 5.41 Å². The topological polar surface area (TPSA) is 40.5 Å². The lowest BCUT2D eigenvalue weighted by molar-refractivity contribution is 0.0214. The highest BCUT2D eigenvalue weighted by atomic mass is 16.3. The summed E-state index contributed by atoms with van der Waals surface area (Å²) >= 11 is 0. The van der Waals surface area contributed by atoms with Gasteiger partial charge in [0.15, 0.2) is 0 Å². The van der Waals surface area contributed by atoms with Gasteiger partial charge in [-0.1, -0.05) is 45.9 Å². The van der Waals surface area contributed by atoms with Crippen molar-refractivity contribution < 1.29 is 10.2 Å². The highest BCUT2D eigenvalue weighted by molar-refractivity contribution is 5.36. The molecule has 20 heavy (non-hydrogen) atoms. The van der Waals surface area contributed by atoms with Crippen LogP contribution in [0.3, 0.4) is 0 Å². The first-order valence-electron chi connectivity index (χ1n) is 7.64. The minimum Gasteiger partial charge on any atom is -0.391 e. The van der Waals surface area contributed by atoms with Crippen molar-refractivity contribution in [2.45, 2.75) is 77.9 Å². The van der Waals surface area contributed by atoms with Crippen LogP contribution in [0, 0.1) is 6.92 Å². The standard InChI is InChI=1S/C18H30O2/c1-7-14(10-17(20)13(3)19)16-11-15(18(4,5)6)9-8-12(16)2/h8-9,11,13-14,17,19-20H,7,10H2,1-6H3. The molecule has 0 bridgehead atoms. The number of aliphatic hydroxyl groups excluding tert-OH is 2. The fourth-order valence-corrected chi connectivity index (χ4v) is 2.55. The summed E-state index contributed by atoms with van der Waals surface area (Å²) in [5.41, 5.74) is 4.02. The van der Waals surface area contributed by atoms with E-state index in [0.29, 0.717) is 12.3 Å². The van der Waals surface area contributed by atoms with Gasteiger partial charge in [0, 0.05) is 0 Å². The summed E-state index contributed by atoms with van der Waals surface area (Å²) in [4.78, 5) is 0. The van der Waals surface area contributed by atoms with Gasteiger partial charge in [0.1, 0.15) is 0 Å². The van der Waals surface area contributed by atoms with Gasteiger partial charge in [0.25, 0.3) is 0 Å². The first kappa shape index (κ1) is 17.2.